The van der Waals surface area contributed by atoms with E-state index in [1.807, 2.05) is 12.1 Å². The molecule has 1 fully saturated rings. The third-order valence-electron chi connectivity index (χ3n) is 3.16. The number of halogens is 1. The lowest BCUT2D eigenvalue weighted by Crippen LogP contribution is -2.48. The summed E-state index contributed by atoms with van der Waals surface area (Å²) in [4.78, 5) is 11.9. The summed E-state index contributed by atoms with van der Waals surface area (Å²) < 4.78 is 1.54. The molecule has 1 aliphatic rings. The molecule has 2 heterocycles. The van der Waals surface area contributed by atoms with Crippen LogP contribution in [0.3, 0.4) is 0 Å². The van der Waals surface area contributed by atoms with Crippen molar-refractivity contribution in [1.82, 2.24) is 30.8 Å². The number of nitrogens with zero attached hydrogens (tertiary/aromatic N) is 4. The summed E-state index contributed by atoms with van der Waals surface area (Å²) in [6, 6.07) is 7.17. The molecule has 0 unspecified atom stereocenters. The van der Waals surface area contributed by atoms with Gasteiger partial charge in [-0.2, -0.15) is 0 Å². The minimum Gasteiger partial charge on any atom is -0.352 e. The van der Waals surface area contributed by atoms with Crippen molar-refractivity contribution in [2.24, 2.45) is 5.92 Å². The lowest BCUT2D eigenvalue weighted by Gasteiger charge is -2.27. The summed E-state index contributed by atoms with van der Waals surface area (Å²) in [7, 11) is 0. The van der Waals surface area contributed by atoms with E-state index in [0.717, 1.165) is 25.3 Å². The van der Waals surface area contributed by atoms with Crippen molar-refractivity contribution >= 4 is 18.3 Å². The molecule has 3 rings (SSSR count). The van der Waals surface area contributed by atoms with Crippen LogP contribution in [0.15, 0.2) is 30.6 Å². The normalized spacial score (nSPS) is 14.2. The fourth-order valence-electron chi connectivity index (χ4n) is 1.88. The molecule has 1 aliphatic heterocycles. The van der Waals surface area contributed by atoms with Gasteiger partial charge >= 0.3 is 0 Å². The van der Waals surface area contributed by atoms with E-state index in [-0.39, 0.29) is 18.3 Å². The molecule has 1 amide bonds. The highest BCUT2D eigenvalue weighted by molar-refractivity contribution is 5.94. The summed E-state index contributed by atoms with van der Waals surface area (Å²) in [5, 5.41) is 17.0. The number of amides is 1. The summed E-state index contributed by atoms with van der Waals surface area (Å²) in [5.74, 6) is 0.514. The van der Waals surface area contributed by atoms with Crippen LogP contribution in [0.2, 0.25) is 0 Å². The predicted molar refractivity (Wildman–Crippen MR) is 75.1 cm³/mol. The second kappa shape index (κ2) is 6.44. The van der Waals surface area contributed by atoms with E-state index in [9.17, 15) is 4.79 Å². The number of carbonyl (C=O) groups excluding carboxylic acids is 1. The van der Waals surface area contributed by atoms with Crippen molar-refractivity contribution in [3.63, 3.8) is 0 Å². The Morgan fingerprint density at radius 3 is 2.65 bits per heavy atom. The second-order valence-corrected chi connectivity index (χ2v) is 4.54. The number of rotatable bonds is 4. The number of tetrazole rings is 1. The highest BCUT2D eigenvalue weighted by atomic mass is 35.5. The maximum Gasteiger partial charge on any atom is 0.251 e. The van der Waals surface area contributed by atoms with Gasteiger partial charge in [0, 0.05) is 31.1 Å². The van der Waals surface area contributed by atoms with Gasteiger partial charge in [0.05, 0.1) is 5.69 Å². The zero-order chi connectivity index (χ0) is 13.1. The van der Waals surface area contributed by atoms with Crippen molar-refractivity contribution < 1.29 is 4.79 Å². The summed E-state index contributed by atoms with van der Waals surface area (Å²) in [5.41, 5.74) is 1.47. The van der Waals surface area contributed by atoms with Crippen molar-refractivity contribution in [3.8, 4) is 5.69 Å². The van der Waals surface area contributed by atoms with E-state index < -0.39 is 0 Å². The lowest BCUT2D eigenvalue weighted by molar-refractivity contribution is 0.0942. The van der Waals surface area contributed by atoms with Crippen molar-refractivity contribution in [2.75, 3.05) is 19.6 Å². The van der Waals surface area contributed by atoms with E-state index in [4.69, 9.17) is 0 Å². The maximum absolute atomic E-state index is 11.9. The number of aromatic nitrogens is 4. The highest BCUT2D eigenvalue weighted by Gasteiger charge is 2.17. The van der Waals surface area contributed by atoms with Gasteiger partial charge in [-0.25, -0.2) is 4.68 Å². The maximum atomic E-state index is 11.9. The average Bonchev–Trinajstić information content (AvgIpc) is 2.91. The van der Waals surface area contributed by atoms with Gasteiger partial charge < -0.3 is 10.6 Å². The molecule has 0 radical (unpaired) electrons. The van der Waals surface area contributed by atoms with Crippen LogP contribution >= 0.6 is 12.4 Å². The minimum absolute atomic E-state index is 0. The smallest absolute Gasteiger partial charge is 0.251 e. The fraction of sp³-hybridized carbons (Fsp3) is 0.333. The predicted octanol–water partition coefficient (Wildman–Crippen LogP) is 0.0333. The van der Waals surface area contributed by atoms with Crippen LogP contribution in [0.25, 0.3) is 5.69 Å². The first kappa shape index (κ1) is 14.4. The Morgan fingerprint density at radius 1 is 1.35 bits per heavy atom. The Bertz CT molecular complexity index is 552. The Hall–Kier alpha value is -1.99. The average molecular weight is 295 g/mol. The molecule has 0 atom stereocenters. The molecular formula is C12H15ClN6O. The van der Waals surface area contributed by atoms with Crippen LogP contribution in [0, 0.1) is 5.92 Å². The van der Waals surface area contributed by atoms with E-state index in [0.29, 0.717) is 11.5 Å². The van der Waals surface area contributed by atoms with Gasteiger partial charge in [0.1, 0.15) is 6.33 Å². The number of benzene rings is 1. The molecular weight excluding hydrogens is 280 g/mol. The van der Waals surface area contributed by atoms with Gasteiger partial charge in [-0.1, -0.05) is 0 Å². The largest absolute Gasteiger partial charge is 0.352 e. The first-order valence-corrected chi connectivity index (χ1v) is 6.15. The molecule has 1 aromatic heterocycles. The van der Waals surface area contributed by atoms with Gasteiger partial charge in [-0.3, -0.25) is 4.79 Å². The fourth-order valence-corrected chi connectivity index (χ4v) is 1.88. The quantitative estimate of drug-likeness (QED) is 0.831. The van der Waals surface area contributed by atoms with Crippen molar-refractivity contribution in [2.45, 2.75) is 0 Å². The van der Waals surface area contributed by atoms with E-state index >= 15 is 0 Å². The van der Waals surface area contributed by atoms with E-state index in [2.05, 4.69) is 26.2 Å². The van der Waals surface area contributed by atoms with Gasteiger partial charge in [0.2, 0.25) is 0 Å². The molecule has 2 N–H and O–H groups in total. The van der Waals surface area contributed by atoms with Crippen LogP contribution in [0.4, 0.5) is 0 Å². The molecule has 106 valence electrons. The number of carbonyl (C=O) groups is 1. The van der Waals surface area contributed by atoms with Crippen LogP contribution in [0.1, 0.15) is 10.4 Å². The minimum atomic E-state index is -0.0461. The van der Waals surface area contributed by atoms with Gasteiger partial charge in [0.15, 0.2) is 0 Å². The Balaban J connectivity index is 0.00000147. The third kappa shape index (κ3) is 3.12. The molecule has 20 heavy (non-hydrogen) atoms. The SMILES string of the molecule is Cl.O=C(NCC1CNC1)c1ccc(-n2cnnn2)cc1. The van der Waals surface area contributed by atoms with E-state index in [1.165, 1.54) is 6.33 Å². The molecule has 0 bridgehead atoms. The number of hydrogen-bond acceptors (Lipinski definition) is 5. The molecule has 0 saturated carbocycles. The first-order chi connectivity index (χ1) is 9.33. The standard InChI is InChI=1S/C12H14N6O.ClH/c19-12(14-7-9-5-13-6-9)10-1-3-11(4-2-10)18-8-15-16-17-18;/h1-4,8-9,13H,5-7H2,(H,14,19);1H. The Kier molecular flexibility index (Phi) is 4.65. The molecule has 7 nitrogen and oxygen atoms in total. The molecule has 1 saturated heterocycles. The van der Waals surface area contributed by atoms with Gasteiger partial charge in [-0.15, -0.1) is 17.5 Å². The highest BCUT2D eigenvalue weighted by Crippen LogP contribution is 2.08. The van der Waals surface area contributed by atoms with Crippen LogP contribution < -0.4 is 10.6 Å². The molecule has 0 aliphatic carbocycles. The van der Waals surface area contributed by atoms with Crippen molar-refractivity contribution in [1.29, 1.82) is 0 Å². The first-order valence-electron chi connectivity index (χ1n) is 6.15. The zero-order valence-corrected chi connectivity index (χ0v) is 11.5. The summed E-state index contributed by atoms with van der Waals surface area (Å²) in [6.45, 7) is 2.69. The molecule has 0 spiro atoms. The molecule has 2 aromatic rings. The summed E-state index contributed by atoms with van der Waals surface area (Å²) in [6.07, 6.45) is 1.51. The molecule has 1 aromatic carbocycles. The van der Waals surface area contributed by atoms with Crippen LogP contribution in [-0.2, 0) is 0 Å². The van der Waals surface area contributed by atoms with Gasteiger partial charge in [-0.05, 0) is 34.7 Å². The molecule has 8 heteroatoms. The van der Waals surface area contributed by atoms with Gasteiger partial charge in [0.25, 0.3) is 5.91 Å². The Labute approximate surface area is 122 Å². The number of nitrogens with one attached hydrogen (secondary N) is 2. The van der Waals surface area contributed by atoms with Crippen LogP contribution in [-0.4, -0.2) is 45.7 Å². The topological polar surface area (TPSA) is 84.7 Å². The van der Waals surface area contributed by atoms with Crippen LogP contribution in [0.5, 0.6) is 0 Å². The zero-order valence-electron chi connectivity index (χ0n) is 10.7. The number of hydrogen-bond donors (Lipinski definition) is 2. The Morgan fingerprint density at radius 2 is 2.10 bits per heavy atom. The summed E-state index contributed by atoms with van der Waals surface area (Å²) >= 11 is 0. The second-order valence-electron chi connectivity index (χ2n) is 4.54. The lowest BCUT2D eigenvalue weighted by atomic mass is 10.0. The third-order valence-corrected chi connectivity index (χ3v) is 3.16. The van der Waals surface area contributed by atoms with Crippen molar-refractivity contribution in [3.05, 3.63) is 36.2 Å². The van der Waals surface area contributed by atoms with E-state index in [1.54, 1.807) is 16.8 Å². The monoisotopic (exact) mass is 294 g/mol.